The van der Waals surface area contributed by atoms with Crippen molar-refractivity contribution in [2.45, 2.75) is 20.4 Å². The lowest BCUT2D eigenvalue weighted by atomic mass is 10.1. The van der Waals surface area contributed by atoms with E-state index in [1.807, 2.05) is 42.5 Å². The maximum atomic E-state index is 5.80. The molecular weight excluding hydrogens is 274 g/mol. The Hall–Kier alpha value is -2.62. The molecule has 0 radical (unpaired) electrons. The lowest BCUT2D eigenvalue weighted by Crippen LogP contribution is -2.22. The van der Waals surface area contributed by atoms with Crippen molar-refractivity contribution in [2.75, 3.05) is 11.4 Å². The molecule has 22 heavy (non-hydrogen) atoms. The van der Waals surface area contributed by atoms with Gasteiger partial charge in [0.25, 0.3) is 0 Å². The summed E-state index contributed by atoms with van der Waals surface area (Å²) < 4.78 is 5.80. The molecule has 4 nitrogen and oxygen atoms in total. The Morgan fingerprint density at radius 2 is 1.68 bits per heavy atom. The van der Waals surface area contributed by atoms with Gasteiger partial charge in [-0.1, -0.05) is 35.9 Å². The van der Waals surface area contributed by atoms with Crippen molar-refractivity contribution in [2.24, 2.45) is 0 Å². The summed E-state index contributed by atoms with van der Waals surface area (Å²) >= 11 is 0. The van der Waals surface area contributed by atoms with E-state index < -0.39 is 0 Å². The van der Waals surface area contributed by atoms with Crippen molar-refractivity contribution in [3.8, 4) is 11.5 Å². The van der Waals surface area contributed by atoms with Gasteiger partial charge in [-0.25, -0.2) is 0 Å². The second kappa shape index (κ2) is 6.43. The largest absolute Gasteiger partial charge is 0.419 e. The molecule has 2 aromatic carbocycles. The number of aromatic nitrogens is 2. The summed E-state index contributed by atoms with van der Waals surface area (Å²) in [5.41, 5.74) is 3.32. The van der Waals surface area contributed by atoms with Gasteiger partial charge in [-0.3, -0.25) is 0 Å². The fourth-order valence-electron chi connectivity index (χ4n) is 2.32. The number of hydrogen-bond acceptors (Lipinski definition) is 4. The van der Waals surface area contributed by atoms with E-state index >= 15 is 0 Å². The Labute approximate surface area is 130 Å². The van der Waals surface area contributed by atoms with Gasteiger partial charge in [-0.2, -0.15) is 0 Å². The molecule has 0 aliphatic rings. The Morgan fingerprint density at radius 3 is 2.36 bits per heavy atom. The SMILES string of the molecule is CCN(Cc1nnc(-c2ccc(C)cc2)o1)c1ccccc1. The third kappa shape index (κ3) is 3.17. The van der Waals surface area contributed by atoms with Crippen LogP contribution in [-0.4, -0.2) is 16.7 Å². The molecule has 0 bridgehead atoms. The molecule has 0 amide bonds. The fourth-order valence-corrected chi connectivity index (χ4v) is 2.32. The molecule has 0 N–H and O–H groups in total. The van der Waals surface area contributed by atoms with E-state index in [9.17, 15) is 0 Å². The van der Waals surface area contributed by atoms with Gasteiger partial charge < -0.3 is 9.32 Å². The van der Waals surface area contributed by atoms with Crippen LogP contribution in [0.5, 0.6) is 0 Å². The number of hydrogen-bond donors (Lipinski definition) is 0. The molecule has 0 spiro atoms. The minimum absolute atomic E-state index is 0.569. The lowest BCUT2D eigenvalue weighted by molar-refractivity contribution is 0.499. The number of nitrogens with zero attached hydrogens (tertiary/aromatic N) is 3. The van der Waals surface area contributed by atoms with Crippen molar-refractivity contribution in [3.63, 3.8) is 0 Å². The normalized spacial score (nSPS) is 10.6. The van der Waals surface area contributed by atoms with Crippen LogP contribution < -0.4 is 4.90 Å². The molecule has 0 aliphatic heterocycles. The van der Waals surface area contributed by atoms with Crippen LogP contribution >= 0.6 is 0 Å². The van der Waals surface area contributed by atoms with Gasteiger partial charge in [0, 0.05) is 17.8 Å². The van der Waals surface area contributed by atoms with E-state index in [0.29, 0.717) is 18.3 Å². The highest BCUT2D eigenvalue weighted by molar-refractivity contribution is 5.53. The predicted octanol–water partition coefficient (Wildman–Crippen LogP) is 4.07. The quantitative estimate of drug-likeness (QED) is 0.711. The van der Waals surface area contributed by atoms with E-state index in [2.05, 4.69) is 41.1 Å². The molecule has 3 rings (SSSR count). The van der Waals surface area contributed by atoms with E-state index in [1.165, 1.54) is 5.56 Å². The predicted molar refractivity (Wildman–Crippen MR) is 87.6 cm³/mol. The molecule has 0 saturated carbocycles. The highest BCUT2D eigenvalue weighted by Gasteiger charge is 2.12. The summed E-state index contributed by atoms with van der Waals surface area (Å²) in [6.07, 6.45) is 0. The van der Waals surface area contributed by atoms with Crippen LogP contribution in [0.15, 0.2) is 59.0 Å². The van der Waals surface area contributed by atoms with Crippen molar-refractivity contribution < 1.29 is 4.42 Å². The second-order valence-electron chi connectivity index (χ2n) is 5.22. The third-order valence-electron chi connectivity index (χ3n) is 3.59. The summed E-state index contributed by atoms with van der Waals surface area (Å²) in [6, 6.07) is 18.3. The molecule has 112 valence electrons. The lowest BCUT2D eigenvalue weighted by Gasteiger charge is -2.20. The van der Waals surface area contributed by atoms with E-state index in [-0.39, 0.29) is 0 Å². The maximum Gasteiger partial charge on any atom is 0.247 e. The first-order chi connectivity index (χ1) is 10.8. The number of benzene rings is 2. The first kappa shape index (κ1) is 14.3. The van der Waals surface area contributed by atoms with Crippen LogP contribution in [0.3, 0.4) is 0 Å². The molecular formula is C18H19N3O. The van der Waals surface area contributed by atoms with Crippen LogP contribution in [-0.2, 0) is 6.54 Å². The molecule has 1 aromatic heterocycles. The topological polar surface area (TPSA) is 42.2 Å². The zero-order chi connectivity index (χ0) is 15.4. The smallest absolute Gasteiger partial charge is 0.247 e. The molecule has 1 heterocycles. The summed E-state index contributed by atoms with van der Waals surface area (Å²) in [6.45, 7) is 5.66. The molecule has 3 aromatic rings. The van der Waals surface area contributed by atoms with Gasteiger partial charge in [0.15, 0.2) is 0 Å². The van der Waals surface area contributed by atoms with Gasteiger partial charge in [0.1, 0.15) is 0 Å². The highest BCUT2D eigenvalue weighted by atomic mass is 16.4. The van der Waals surface area contributed by atoms with Crippen molar-refractivity contribution in [3.05, 3.63) is 66.1 Å². The molecule has 0 fully saturated rings. The van der Waals surface area contributed by atoms with Crippen molar-refractivity contribution in [1.29, 1.82) is 0 Å². The van der Waals surface area contributed by atoms with Gasteiger partial charge in [0.05, 0.1) is 6.54 Å². The van der Waals surface area contributed by atoms with Crippen LogP contribution in [0.25, 0.3) is 11.5 Å². The first-order valence-electron chi connectivity index (χ1n) is 7.45. The van der Waals surface area contributed by atoms with E-state index in [0.717, 1.165) is 17.8 Å². The first-order valence-corrected chi connectivity index (χ1v) is 7.45. The highest BCUT2D eigenvalue weighted by Crippen LogP contribution is 2.20. The monoisotopic (exact) mass is 293 g/mol. The maximum absolute atomic E-state index is 5.80. The Balaban J connectivity index is 1.77. The summed E-state index contributed by atoms with van der Waals surface area (Å²) in [4.78, 5) is 2.20. The van der Waals surface area contributed by atoms with Gasteiger partial charge in [-0.05, 0) is 38.1 Å². The minimum Gasteiger partial charge on any atom is -0.419 e. The Kier molecular flexibility index (Phi) is 4.19. The molecule has 0 atom stereocenters. The minimum atomic E-state index is 0.569. The summed E-state index contributed by atoms with van der Waals surface area (Å²) in [5.74, 6) is 1.19. The van der Waals surface area contributed by atoms with Crippen LogP contribution in [0.2, 0.25) is 0 Å². The molecule has 0 saturated heterocycles. The fraction of sp³-hybridized carbons (Fsp3) is 0.222. The summed E-state index contributed by atoms with van der Waals surface area (Å²) in [7, 11) is 0. The molecule has 4 heteroatoms. The number of rotatable bonds is 5. The Morgan fingerprint density at radius 1 is 0.955 bits per heavy atom. The van der Waals surface area contributed by atoms with Gasteiger partial charge >= 0.3 is 0 Å². The average Bonchev–Trinajstić information content (AvgIpc) is 3.03. The third-order valence-corrected chi connectivity index (χ3v) is 3.59. The van der Waals surface area contributed by atoms with Gasteiger partial charge in [-0.15, -0.1) is 10.2 Å². The van der Waals surface area contributed by atoms with Crippen LogP contribution in [0.4, 0.5) is 5.69 Å². The van der Waals surface area contributed by atoms with E-state index in [1.54, 1.807) is 0 Å². The Bertz CT molecular complexity index is 720. The zero-order valence-corrected chi connectivity index (χ0v) is 12.9. The van der Waals surface area contributed by atoms with E-state index in [4.69, 9.17) is 4.42 Å². The number of anilines is 1. The van der Waals surface area contributed by atoms with Gasteiger partial charge in [0.2, 0.25) is 11.8 Å². The van der Waals surface area contributed by atoms with Crippen molar-refractivity contribution >= 4 is 5.69 Å². The number of aryl methyl sites for hydroxylation is 1. The molecule has 0 aliphatic carbocycles. The average molecular weight is 293 g/mol. The van der Waals surface area contributed by atoms with Crippen molar-refractivity contribution in [1.82, 2.24) is 10.2 Å². The van der Waals surface area contributed by atoms with Crippen LogP contribution in [0, 0.1) is 6.92 Å². The number of para-hydroxylation sites is 1. The second-order valence-corrected chi connectivity index (χ2v) is 5.22. The molecule has 0 unspecified atom stereocenters. The summed E-state index contributed by atoms with van der Waals surface area (Å²) in [5, 5.41) is 8.32. The van der Waals surface area contributed by atoms with Crippen LogP contribution in [0.1, 0.15) is 18.4 Å². The zero-order valence-electron chi connectivity index (χ0n) is 12.9. The standard InChI is InChI=1S/C18H19N3O/c1-3-21(16-7-5-4-6-8-16)13-17-19-20-18(22-17)15-11-9-14(2)10-12-15/h4-12H,3,13H2,1-2H3.